The van der Waals surface area contributed by atoms with E-state index in [4.69, 9.17) is 9.47 Å². The van der Waals surface area contributed by atoms with Gasteiger partial charge in [-0.25, -0.2) is 0 Å². The Morgan fingerprint density at radius 3 is 2.43 bits per heavy atom. The van der Waals surface area contributed by atoms with E-state index < -0.39 is 0 Å². The van der Waals surface area contributed by atoms with Crippen molar-refractivity contribution in [2.24, 2.45) is 0 Å². The fourth-order valence-electron chi connectivity index (χ4n) is 2.53. The van der Waals surface area contributed by atoms with Gasteiger partial charge in [0, 0.05) is 12.1 Å². The van der Waals surface area contributed by atoms with Crippen molar-refractivity contribution >= 4 is 17.7 Å². The van der Waals surface area contributed by atoms with Crippen molar-refractivity contribution in [2.75, 3.05) is 20.0 Å². The van der Waals surface area contributed by atoms with Gasteiger partial charge in [0.25, 0.3) is 0 Å². The van der Waals surface area contributed by atoms with Gasteiger partial charge >= 0.3 is 0 Å². The standard InChI is InChI=1S/C21H21N3O3S/c1-26-18-10-8-16(12-19(18)27-2)17-9-11-21(24-23-17)28-14-20(25)22-13-15-6-4-3-5-7-15/h3-12H,13-14H2,1-2H3,(H,22,25). The molecule has 0 bridgehead atoms. The molecule has 6 nitrogen and oxygen atoms in total. The molecule has 0 saturated carbocycles. The van der Waals surface area contributed by atoms with Crippen LogP contribution in [0, 0.1) is 0 Å². The smallest absolute Gasteiger partial charge is 0.230 e. The van der Waals surface area contributed by atoms with Crippen molar-refractivity contribution in [1.29, 1.82) is 0 Å². The fourth-order valence-corrected chi connectivity index (χ4v) is 3.18. The van der Waals surface area contributed by atoms with Gasteiger partial charge in [-0.15, -0.1) is 10.2 Å². The third kappa shape index (κ3) is 5.23. The van der Waals surface area contributed by atoms with E-state index >= 15 is 0 Å². The Kier molecular flexibility index (Phi) is 6.86. The highest BCUT2D eigenvalue weighted by atomic mass is 32.2. The zero-order valence-corrected chi connectivity index (χ0v) is 16.5. The van der Waals surface area contributed by atoms with Gasteiger partial charge in [-0.2, -0.15) is 0 Å². The summed E-state index contributed by atoms with van der Waals surface area (Å²) in [5.41, 5.74) is 2.67. The fraction of sp³-hybridized carbons (Fsp3) is 0.190. The highest BCUT2D eigenvalue weighted by Gasteiger charge is 2.09. The summed E-state index contributed by atoms with van der Waals surface area (Å²) >= 11 is 1.35. The lowest BCUT2D eigenvalue weighted by molar-refractivity contribution is -0.118. The number of benzene rings is 2. The third-order valence-corrected chi connectivity index (χ3v) is 4.92. The molecule has 7 heteroatoms. The molecule has 144 valence electrons. The van der Waals surface area contributed by atoms with E-state index in [-0.39, 0.29) is 11.7 Å². The first-order chi connectivity index (χ1) is 13.7. The Morgan fingerprint density at radius 2 is 1.75 bits per heavy atom. The summed E-state index contributed by atoms with van der Waals surface area (Å²) in [5, 5.41) is 12.0. The van der Waals surface area contributed by atoms with E-state index in [1.807, 2.05) is 60.7 Å². The lowest BCUT2D eigenvalue weighted by atomic mass is 10.1. The van der Waals surface area contributed by atoms with Gasteiger partial charge in [-0.1, -0.05) is 42.1 Å². The summed E-state index contributed by atoms with van der Waals surface area (Å²) in [6.07, 6.45) is 0. The second-order valence-corrected chi connectivity index (χ2v) is 6.87. The maximum absolute atomic E-state index is 12.0. The summed E-state index contributed by atoms with van der Waals surface area (Å²) < 4.78 is 10.6. The second kappa shape index (κ2) is 9.75. The number of carbonyl (C=O) groups excluding carboxylic acids is 1. The third-order valence-electron chi connectivity index (χ3n) is 4.00. The van der Waals surface area contributed by atoms with Crippen LogP contribution >= 0.6 is 11.8 Å². The number of hydrogen-bond donors (Lipinski definition) is 1. The second-order valence-electron chi connectivity index (χ2n) is 5.88. The van der Waals surface area contributed by atoms with Gasteiger partial charge in [0.15, 0.2) is 11.5 Å². The first-order valence-corrected chi connectivity index (χ1v) is 9.67. The van der Waals surface area contributed by atoms with E-state index in [1.165, 1.54) is 11.8 Å². The first kappa shape index (κ1) is 19.7. The summed E-state index contributed by atoms with van der Waals surface area (Å²) in [4.78, 5) is 12.0. The van der Waals surface area contributed by atoms with Gasteiger partial charge < -0.3 is 14.8 Å². The minimum absolute atomic E-state index is 0.0420. The number of nitrogens with one attached hydrogen (secondary N) is 1. The molecule has 0 unspecified atom stereocenters. The Morgan fingerprint density at radius 1 is 0.964 bits per heavy atom. The molecule has 1 amide bonds. The summed E-state index contributed by atoms with van der Waals surface area (Å²) in [6, 6.07) is 19.1. The summed E-state index contributed by atoms with van der Waals surface area (Å²) in [7, 11) is 3.19. The predicted octanol–water partition coefficient (Wildman–Crippen LogP) is 3.57. The molecule has 1 N–H and O–H groups in total. The highest BCUT2D eigenvalue weighted by molar-refractivity contribution is 7.99. The van der Waals surface area contributed by atoms with Gasteiger partial charge in [0.1, 0.15) is 5.03 Å². The highest BCUT2D eigenvalue weighted by Crippen LogP contribution is 2.31. The van der Waals surface area contributed by atoms with Crippen LogP contribution in [-0.4, -0.2) is 36.1 Å². The molecule has 1 aromatic heterocycles. The molecular weight excluding hydrogens is 374 g/mol. The van der Waals surface area contributed by atoms with E-state index in [0.29, 0.717) is 23.1 Å². The van der Waals surface area contributed by atoms with Crippen LogP contribution in [0.3, 0.4) is 0 Å². The monoisotopic (exact) mass is 395 g/mol. The van der Waals surface area contributed by atoms with Crippen LogP contribution in [0.2, 0.25) is 0 Å². The largest absolute Gasteiger partial charge is 0.493 e. The Hall–Kier alpha value is -3.06. The van der Waals surface area contributed by atoms with Gasteiger partial charge in [-0.05, 0) is 35.9 Å². The number of thioether (sulfide) groups is 1. The predicted molar refractivity (Wildman–Crippen MR) is 110 cm³/mol. The van der Waals surface area contributed by atoms with Gasteiger partial charge in [0.2, 0.25) is 5.91 Å². The maximum atomic E-state index is 12.0. The topological polar surface area (TPSA) is 73.3 Å². The minimum atomic E-state index is -0.0420. The lowest BCUT2D eigenvalue weighted by Crippen LogP contribution is -2.24. The van der Waals surface area contributed by atoms with E-state index in [2.05, 4.69) is 15.5 Å². The van der Waals surface area contributed by atoms with Crippen molar-refractivity contribution in [3.05, 3.63) is 66.2 Å². The molecule has 1 heterocycles. The number of carbonyl (C=O) groups is 1. The number of ether oxygens (including phenoxy) is 2. The van der Waals surface area contributed by atoms with Crippen LogP contribution < -0.4 is 14.8 Å². The number of rotatable bonds is 8. The minimum Gasteiger partial charge on any atom is -0.493 e. The average Bonchev–Trinajstić information content (AvgIpc) is 2.76. The molecule has 3 rings (SSSR count). The Labute approximate surface area is 168 Å². The molecular formula is C21H21N3O3S. The van der Waals surface area contributed by atoms with E-state index in [9.17, 15) is 4.79 Å². The normalized spacial score (nSPS) is 10.4. The number of aromatic nitrogens is 2. The lowest BCUT2D eigenvalue weighted by Gasteiger charge is -2.09. The Bertz CT molecular complexity index is 918. The van der Waals surface area contributed by atoms with Gasteiger partial charge in [-0.3, -0.25) is 4.79 Å². The number of methoxy groups -OCH3 is 2. The van der Waals surface area contributed by atoms with Crippen LogP contribution in [0.1, 0.15) is 5.56 Å². The molecule has 0 spiro atoms. The number of hydrogen-bond acceptors (Lipinski definition) is 6. The van der Waals surface area contributed by atoms with Crippen LogP contribution in [0.25, 0.3) is 11.3 Å². The van der Waals surface area contributed by atoms with Crippen molar-refractivity contribution in [1.82, 2.24) is 15.5 Å². The van der Waals surface area contributed by atoms with Crippen molar-refractivity contribution in [3.8, 4) is 22.8 Å². The average molecular weight is 395 g/mol. The van der Waals surface area contributed by atoms with Crippen molar-refractivity contribution < 1.29 is 14.3 Å². The van der Waals surface area contributed by atoms with Crippen LogP contribution in [0.5, 0.6) is 11.5 Å². The zero-order chi connectivity index (χ0) is 19.8. The molecule has 0 aliphatic rings. The van der Waals surface area contributed by atoms with E-state index in [0.717, 1.165) is 16.8 Å². The van der Waals surface area contributed by atoms with Crippen LogP contribution in [-0.2, 0) is 11.3 Å². The summed E-state index contributed by atoms with van der Waals surface area (Å²) in [6.45, 7) is 0.518. The van der Waals surface area contributed by atoms with Crippen LogP contribution in [0.15, 0.2) is 65.7 Å². The molecule has 0 radical (unpaired) electrons. The van der Waals surface area contributed by atoms with E-state index in [1.54, 1.807) is 14.2 Å². The van der Waals surface area contributed by atoms with Crippen molar-refractivity contribution in [2.45, 2.75) is 11.6 Å². The van der Waals surface area contributed by atoms with Crippen LogP contribution in [0.4, 0.5) is 0 Å². The molecule has 28 heavy (non-hydrogen) atoms. The molecule has 0 atom stereocenters. The molecule has 0 aliphatic heterocycles. The molecule has 0 fully saturated rings. The molecule has 0 saturated heterocycles. The quantitative estimate of drug-likeness (QED) is 0.588. The summed E-state index contributed by atoms with van der Waals surface area (Å²) in [5.74, 6) is 1.54. The Balaban J connectivity index is 1.55. The maximum Gasteiger partial charge on any atom is 0.230 e. The van der Waals surface area contributed by atoms with Gasteiger partial charge in [0.05, 0.1) is 25.7 Å². The zero-order valence-electron chi connectivity index (χ0n) is 15.7. The molecule has 3 aromatic rings. The van der Waals surface area contributed by atoms with Crippen molar-refractivity contribution in [3.63, 3.8) is 0 Å². The molecule has 0 aliphatic carbocycles. The SMILES string of the molecule is COc1ccc(-c2ccc(SCC(=O)NCc3ccccc3)nn2)cc1OC. The number of nitrogens with zero attached hydrogens (tertiary/aromatic N) is 2. The number of amides is 1. The molecule has 2 aromatic carbocycles. The first-order valence-electron chi connectivity index (χ1n) is 8.69.